The Labute approximate surface area is 85.4 Å². The van der Waals surface area contributed by atoms with Gasteiger partial charge in [-0.1, -0.05) is 6.92 Å². The van der Waals surface area contributed by atoms with E-state index in [4.69, 9.17) is 4.74 Å². The van der Waals surface area contributed by atoms with Gasteiger partial charge >= 0.3 is 6.09 Å². The molecule has 1 heterocycles. The van der Waals surface area contributed by atoms with Gasteiger partial charge in [0.05, 0.1) is 0 Å². The molecular weight excluding hydrogens is 180 g/mol. The fourth-order valence-electron chi connectivity index (χ4n) is 1.46. The summed E-state index contributed by atoms with van der Waals surface area (Å²) in [5.74, 6) is 0.475. The molecule has 1 aliphatic rings. The molecule has 2 N–H and O–H groups in total. The predicted molar refractivity (Wildman–Crippen MR) is 55.2 cm³/mol. The van der Waals surface area contributed by atoms with Crippen LogP contribution in [-0.2, 0) is 4.74 Å². The smallest absolute Gasteiger partial charge is 0.407 e. The van der Waals surface area contributed by atoms with Crippen LogP contribution in [0.2, 0.25) is 0 Å². The summed E-state index contributed by atoms with van der Waals surface area (Å²) in [4.78, 5) is 11.4. The van der Waals surface area contributed by atoms with Gasteiger partial charge in [-0.15, -0.1) is 0 Å². The molecule has 1 saturated heterocycles. The lowest BCUT2D eigenvalue weighted by Gasteiger charge is -2.22. The molecule has 0 spiro atoms. The minimum absolute atomic E-state index is 0.199. The van der Waals surface area contributed by atoms with Crippen LogP contribution in [0.25, 0.3) is 0 Å². The summed E-state index contributed by atoms with van der Waals surface area (Å²) in [6.07, 6.45) is -0.321. The predicted octanol–water partition coefficient (Wildman–Crippen LogP) is 1.12. The first-order valence-electron chi connectivity index (χ1n) is 5.09. The number of nitrogens with one attached hydrogen (secondary N) is 2. The molecule has 82 valence electrons. The first kappa shape index (κ1) is 11.3. The van der Waals surface area contributed by atoms with Crippen molar-refractivity contribution in [3.8, 4) is 0 Å². The van der Waals surface area contributed by atoms with Gasteiger partial charge in [0, 0.05) is 12.6 Å². The summed E-state index contributed by atoms with van der Waals surface area (Å²) in [6, 6.07) is 0.199. The molecule has 0 saturated carbocycles. The maximum atomic E-state index is 11.4. The van der Waals surface area contributed by atoms with Crippen LogP contribution in [-0.4, -0.2) is 30.8 Å². The normalized spacial score (nSPS) is 27.4. The van der Waals surface area contributed by atoms with Gasteiger partial charge in [0.15, 0.2) is 0 Å². The molecule has 0 radical (unpaired) electrons. The summed E-state index contributed by atoms with van der Waals surface area (Å²) in [7, 11) is 0. The second-order valence-electron chi connectivity index (χ2n) is 4.89. The molecule has 1 rings (SSSR count). The molecule has 0 aliphatic carbocycles. The summed E-state index contributed by atoms with van der Waals surface area (Å²) in [5, 5.41) is 6.08. The lowest BCUT2D eigenvalue weighted by molar-refractivity contribution is 0.0499. The van der Waals surface area contributed by atoms with E-state index in [1.54, 1.807) is 0 Å². The van der Waals surface area contributed by atoms with Crippen LogP contribution in [0.3, 0.4) is 0 Å². The summed E-state index contributed by atoms with van der Waals surface area (Å²) in [5.41, 5.74) is -0.417. The second kappa shape index (κ2) is 4.17. The van der Waals surface area contributed by atoms with Gasteiger partial charge in [-0.05, 0) is 33.2 Å². The largest absolute Gasteiger partial charge is 0.444 e. The van der Waals surface area contributed by atoms with E-state index in [0.29, 0.717) is 5.92 Å². The fourth-order valence-corrected chi connectivity index (χ4v) is 1.46. The minimum Gasteiger partial charge on any atom is -0.444 e. The van der Waals surface area contributed by atoms with Crippen molar-refractivity contribution in [2.75, 3.05) is 13.1 Å². The molecule has 1 fully saturated rings. The van der Waals surface area contributed by atoms with Crippen LogP contribution in [0, 0.1) is 5.92 Å². The zero-order chi connectivity index (χ0) is 10.8. The molecule has 1 aliphatic heterocycles. The minimum atomic E-state index is -0.417. The Hall–Kier alpha value is -0.770. The maximum absolute atomic E-state index is 11.4. The van der Waals surface area contributed by atoms with Crippen molar-refractivity contribution in [3.05, 3.63) is 0 Å². The maximum Gasteiger partial charge on any atom is 0.407 e. The van der Waals surface area contributed by atoms with Gasteiger partial charge in [-0.3, -0.25) is 0 Å². The standard InChI is InChI=1S/C10H20N2O2/c1-7-5-11-6-8(7)12-9(13)14-10(2,3)4/h7-8,11H,5-6H2,1-4H3,(H,12,13)/t7-,8+/m0/s1. The van der Waals surface area contributed by atoms with Crippen molar-refractivity contribution in [2.24, 2.45) is 5.92 Å². The Morgan fingerprint density at radius 2 is 2.07 bits per heavy atom. The van der Waals surface area contributed by atoms with E-state index in [2.05, 4.69) is 17.6 Å². The highest BCUT2D eigenvalue weighted by atomic mass is 16.6. The van der Waals surface area contributed by atoms with E-state index in [1.807, 2.05) is 20.8 Å². The fraction of sp³-hybridized carbons (Fsp3) is 0.900. The quantitative estimate of drug-likeness (QED) is 0.667. The van der Waals surface area contributed by atoms with Crippen LogP contribution >= 0.6 is 0 Å². The molecule has 0 bridgehead atoms. The molecule has 4 heteroatoms. The molecule has 1 amide bonds. The van der Waals surface area contributed by atoms with E-state index in [1.165, 1.54) is 0 Å². The third-order valence-electron chi connectivity index (χ3n) is 2.22. The van der Waals surface area contributed by atoms with E-state index in [-0.39, 0.29) is 12.1 Å². The number of ether oxygens (including phenoxy) is 1. The van der Waals surface area contributed by atoms with Gasteiger partial charge in [-0.25, -0.2) is 4.79 Å². The van der Waals surface area contributed by atoms with Gasteiger partial charge in [0.2, 0.25) is 0 Å². The summed E-state index contributed by atoms with van der Waals surface area (Å²) in [6.45, 7) is 9.50. The van der Waals surface area contributed by atoms with Crippen LogP contribution < -0.4 is 10.6 Å². The van der Waals surface area contributed by atoms with Crippen LogP contribution in [0.1, 0.15) is 27.7 Å². The Bertz CT molecular complexity index is 211. The lowest BCUT2D eigenvalue weighted by atomic mass is 10.1. The first-order valence-corrected chi connectivity index (χ1v) is 5.09. The Balaban J connectivity index is 2.33. The Morgan fingerprint density at radius 1 is 1.43 bits per heavy atom. The zero-order valence-corrected chi connectivity index (χ0v) is 9.39. The third kappa shape index (κ3) is 3.54. The molecule has 2 atom stereocenters. The SMILES string of the molecule is C[C@H]1CNC[C@H]1NC(=O)OC(C)(C)C. The average molecular weight is 200 g/mol. The topological polar surface area (TPSA) is 50.4 Å². The number of carbonyl (C=O) groups excluding carboxylic acids is 1. The monoisotopic (exact) mass is 200 g/mol. The number of carbonyl (C=O) groups is 1. The second-order valence-corrected chi connectivity index (χ2v) is 4.89. The molecule has 0 aromatic rings. The third-order valence-corrected chi connectivity index (χ3v) is 2.22. The van der Waals surface area contributed by atoms with Gasteiger partial charge < -0.3 is 15.4 Å². The van der Waals surface area contributed by atoms with E-state index >= 15 is 0 Å². The highest BCUT2D eigenvalue weighted by Crippen LogP contribution is 2.10. The molecular formula is C10H20N2O2. The number of alkyl carbamates (subject to hydrolysis) is 1. The van der Waals surface area contributed by atoms with Crippen LogP contribution in [0.15, 0.2) is 0 Å². The highest BCUT2D eigenvalue weighted by Gasteiger charge is 2.26. The van der Waals surface area contributed by atoms with Crippen molar-refractivity contribution < 1.29 is 9.53 Å². The number of amides is 1. The van der Waals surface area contributed by atoms with Crippen molar-refractivity contribution in [1.29, 1.82) is 0 Å². The lowest BCUT2D eigenvalue weighted by Crippen LogP contribution is -2.42. The zero-order valence-electron chi connectivity index (χ0n) is 9.39. The first-order chi connectivity index (χ1) is 6.38. The average Bonchev–Trinajstić information content (AvgIpc) is 2.32. The Kier molecular flexibility index (Phi) is 3.37. The van der Waals surface area contributed by atoms with Gasteiger partial charge in [0.25, 0.3) is 0 Å². The molecule has 4 nitrogen and oxygen atoms in total. The van der Waals surface area contributed by atoms with Gasteiger partial charge in [0.1, 0.15) is 5.60 Å². The van der Waals surface area contributed by atoms with Crippen molar-refractivity contribution in [3.63, 3.8) is 0 Å². The number of hydrogen-bond acceptors (Lipinski definition) is 3. The molecule has 14 heavy (non-hydrogen) atoms. The summed E-state index contributed by atoms with van der Waals surface area (Å²) >= 11 is 0. The summed E-state index contributed by atoms with van der Waals surface area (Å²) < 4.78 is 5.17. The van der Waals surface area contributed by atoms with Gasteiger partial charge in [-0.2, -0.15) is 0 Å². The van der Waals surface area contributed by atoms with E-state index in [0.717, 1.165) is 13.1 Å². The van der Waals surface area contributed by atoms with Crippen molar-refractivity contribution in [2.45, 2.75) is 39.3 Å². The molecule has 0 unspecified atom stereocenters. The van der Waals surface area contributed by atoms with Crippen LogP contribution in [0.4, 0.5) is 4.79 Å². The Morgan fingerprint density at radius 3 is 2.50 bits per heavy atom. The highest BCUT2D eigenvalue weighted by molar-refractivity contribution is 5.68. The molecule has 0 aromatic carbocycles. The van der Waals surface area contributed by atoms with Crippen LogP contribution in [0.5, 0.6) is 0 Å². The van der Waals surface area contributed by atoms with E-state index in [9.17, 15) is 4.79 Å². The molecule has 0 aromatic heterocycles. The number of hydrogen-bond donors (Lipinski definition) is 2. The van der Waals surface area contributed by atoms with Crippen molar-refractivity contribution >= 4 is 6.09 Å². The number of rotatable bonds is 1. The van der Waals surface area contributed by atoms with E-state index < -0.39 is 5.60 Å². The van der Waals surface area contributed by atoms with Crippen molar-refractivity contribution in [1.82, 2.24) is 10.6 Å².